The quantitative estimate of drug-likeness (QED) is 0.319. The van der Waals surface area contributed by atoms with Gasteiger partial charge in [0.25, 0.3) is 0 Å². The van der Waals surface area contributed by atoms with Crippen LogP contribution in [-0.2, 0) is 16.1 Å². The first-order chi connectivity index (χ1) is 10.1. The molecule has 1 radical (unpaired) electrons. The molecule has 0 saturated heterocycles. The second-order valence-corrected chi connectivity index (χ2v) is 4.36. The molecule has 0 aliphatic rings. The van der Waals surface area contributed by atoms with Gasteiger partial charge < -0.3 is 21.1 Å². The minimum Gasteiger partial charge on any atom is -0.445 e. The number of nitrogens with two attached hydrogens (primary N) is 1. The Bertz CT molecular complexity index is 465. The second kappa shape index (κ2) is 9.35. The van der Waals surface area contributed by atoms with E-state index in [0.29, 0.717) is 19.4 Å². The van der Waals surface area contributed by atoms with Gasteiger partial charge in [-0.2, -0.15) is 0 Å². The van der Waals surface area contributed by atoms with Gasteiger partial charge in [0.1, 0.15) is 6.61 Å². The van der Waals surface area contributed by atoms with E-state index < -0.39 is 12.1 Å². The second-order valence-electron chi connectivity index (χ2n) is 4.36. The number of benzene rings is 1. The molecule has 113 valence electrons. The summed E-state index contributed by atoms with van der Waals surface area (Å²) in [4.78, 5) is 22.3. The van der Waals surface area contributed by atoms with Crippen molar-refractivity contribution in [1.29, 1.82) is 5.41 Å². The number of hydrogen-bond acceptors (Lipinski definition) is 4. The molecule has 0 saturated carbocycles. The summed E-state index contributed by atoms with van der Waals surface area (Å²) in [5, 5.41) is 12.0. The van der Waals surface area contributed by atoms with Gasteiger partial charge in [-0.05, 0) is 18.4 Å². The summed E-state index contributed by atoms with van der Waals surface area (Å²) in [6, 6.07) is 8.51. The van der Waals surface area contributed by atoms with Crippen LogP contribution >= 0.6 is 0 Å². The van der Waals surface area contributed by atoms with Gasteiger partial charge >= 0.3 is 6.09 Å². The highest BCUT2D eigenvalue weighted by molar-refractivity contribution is 5.74. The average molecular weight is 291 g/mol. The minimum atomic E-state index is -0.734. The van der Waals surface area contributed by atoms with E-state index in [4.69, 9.17) is 15.9 Å². The molecule has 1 aromatic carbocycles. The van der Waals surface area contributed by atoms with Crippen LogP contribution in [0.15, 0.2) is 30.3 Å². The lowest BCUT2D eigenvalue weighted by Gasteiger charge is -2.12. The van der Waals surface area contributed by atoms with Crippen LogP contribution in [0.1, 0.15) is 18.4 Å². The summed E-state index contributed by atoms with van der Waals surface area (Å²) in [5.74, 6) is -0.128. The molecule has 0 bridgehead atoms. The number of ether oxygens (including phenoxy) is 1. The fourth-order valence-electron chi connectivity index (χ4n) is 1.60. The maximum Gasteiger partial charge on any atom is 0.408 e. The van der Waals surface area contributed by atoms with Crippen molar-refractivity contribution in [3.05, 3.63) is 35.9 Å². The maximum absolute atomic E-state index is 11.5. The fraction of sp³-hybridized carbons (Fsp3) is 0.357. The molecule has 0 aliphatic carbocycles. The first-order valence-corrected chi connectivity index (χ1v) is 6.54. The number of nitrogens with one attached hydrogen (secondary N) is 3. The Morgan fingerprint density at radius 3 is 2.71 bits per heavy atom. The predicted octanol–water partition coefficient (Wildman–Crippen LogP) is 0.654. The molecular weight excluding hydrogens is 272 g/mol. The molecule has 7 nitrogen and oxygen atoms in total. The Hall–Kier alpha value is -2.57. The third kappa shape index (κ3) is 7.56. The van der Waals surface area contributed by atoms with E-state index in [9.17, 15) is 9.59 Å². The van der Waals surface area contributed by atoms with E-state index in [0.717, 1.165) is 5.56 Å². The molecule has 21 heavy (non-hydrogen) atoms. The summed E-state index contributed by atoms with van der Waals surface area (Å²) in [5.41, 5.74) is 5.99. The first kappa shape index (κ1) is 16.5. The van der Waals surface area contributed by atoms with Gasteiger partial charge in [0.05, 0.1) is 6.04 Å². The molecule has 5 N–H and O–H groups in total. The van der Waals surface area contributed by atoms with E-state index in [1.807, 2.05) is 30.3 Å². The highest BCUT2D eigenvalue weighted by Gasteiger charge is 2.12. The third-order valence-corrected chi connectivity index (χ3v) is 2.63. The van der Waals surface area contributed by atoms with Gasteiger partial charge in [-0.1, -0.05) is 30.3 Å². The zero-order chi connectivity index (χ0) is 15.5. The molecule has 7 heteroatoms. The largest absolute Gasteiger partial charge is 0.445 e. The standard InChI is InChI=1S/C14H19N4O3/c15-13(16)17-8-4-7-12(9-19)18-14(20)21-10-11-5-2-1-3-6-11/h1-3,5-6,12H,4,7-8,10H2,(H,18,20)(H4,15,16,17)/t12-/m0/s1. The van der Waals surface area contributed by atoms with Crippen LogP contribution in [0.2, 0.25) is 0 Å². The summed E-state index contributed by atoms with van der Waals surface area (Å²) < 4.78 is 5.01. The van der Waals surface area contributed by atoms with Gasteiger partial charge in [-0.15, -0.1) is 0 Å². The van der Waals surface area contributed by atoms with Crippen LogP contribution in [-0.4, -0.2) is 30.9 Å². The molecule has 0 aromatic heterocycles. The molecule has 1 rings (SSSR count). The van der Waals surface area contributed by atoms with Crippen molar-refractivity contribution in [2.24, 2.45) is 5.73 Å². The first-order valence-electron chi connectivity index (χ1n) is 6.54. The number of rotatable bonds is 8. The van der Waals surface area contributed by atoms with Crippen molar-refractivity contribution in [3.8, 4) is 0 Å². The monoisotopic (exact) mass is 291 g/mol. The van der Waals surface area contributed by atoms with Crippen LogP contribution in [0.5, 0.6) is 0 Å². The molecule has 0 aliphatic heterocycles. The van der Waals surface area contributed by atoms with Crippen molar-refractivity contribution in [1.82, 2.24) is 10.6 Å². The van der Waals surface area contributed by atoms with Gasteiger partial charge in [0.15, 0.2) is 5.96 Å². The lowest BCUT2D eigenvalue weighted by molar-refractivity contribution is 0.137. The number of guanidine groups is 1. The topological polar surface area (TPSA) is 117 Å². The highest BCUT2D eigenvalue weighted by Crippen LogP contribution is 2.01. The molecule has 0 spiro atoms. The summed E-state index contributed by atoms with van der Waals surface area (Å²) in [6.07, 6.45) is 2.05. The van der Waals surface area contributed by atoms with E-state index in [2.05, 4.69) is 10.6 Å². The lowest BCUT2D eigenvalue weighted by Crippen LogP contribution is -2.37. The van der Waals surface area contributed by atoms with Crippen LogP contribution in [0.4, 0.5) is 4.79 Å². The Morgan fingerprint density at radius 1 is 1.38 bits per heavy atom. The minimum absolute atomic E-state index is 0.128. The third-order valence-electron chi connectivity index (χ3n) is 2.63. The summed E-state index contributed by atoms with van der Waals surface area (Å²) >= 11 is 0. The molecular formula is C14H19N4O3. The Morgan fingerprint density at radius 2 is 2.10 bits per heavy atom. The zero-order valence-corrected chi connectivity index (χ0v) is 11.6. The number of amides is 1. The molecule has 1 amide bonds. The fourth-order valence-corrected chi connectivity index (χ4v) is 1.60. The van der Waals surface area contributed by atoms with E-state index in [1.54, 1.807) is 6.29 Å². The Kier molecular flexibility index (Phi) is 7.34. The van der Waals surface area contributed by atoms with Crippen LogP contribution in [0.3, 0.4) is 0 Å². The maximum atomic E-state index is 11.5. The van der Waals surface area contributed by atoms with Gasteiger partial charge in [-0.3, -0.25) is 10.2 Å². The number of hydrogen-bond donors (Lipinski definition) is 4. The molecule has 0 unspecified atom stereocenters. The van der Waals surface area contributed by atoms with Crippen molar-refractivity contribution in [2.75, 3.05) is 6.54 Å². The Balaban J connectivity index is 2.24. The molecule has 0 heterocycles. The Labute approximate surface area is 123 Å². The number of alkyl carbamates (subject to hydrolysis) is 1. The van der Waals surface area contributed by atoms with E-state index >= 15 is 0 Å². The molecule has 1 aromatic rings. The lowest BCUT2D eigenvalue weighted by atomic mass is 10.2. The SMILES string of the molecule is N=C(N)NCCC[C@@H]([C]=O)NC(=O)OCc1ccccc1. The van der Waals surface area contributed by atoms with Crippen LogP contribution < -0.4 is 16.4 Å². The van der Waals surface area contributed by atoms with Crippen molar-refractivity contribution >= 4 is 18.3 Å². The van der Waals surface area contributed by atoms with E-state index in [1.165, 1.54) is 0 Å². The zero-order valence-electron chi connectivity index (χ0n) is 11.6. The average Bonchev–Trinajstić information content (AvgIpc) is 2.49. The highest BCUT2D eigenvalue weighted by atomic mass is 16.5. The normalized spacial score (nSPS) is 11.2. The molecule has 0 fully saturated rings. The predicted molar refractivity (Wildman–Crippen MR) is 78.4 cm³/mol. The summed E-state index contributed by atoms with van der Waals surface area (Å²) in [7, 11) is 0. The summed E-state index contributed by atoms with van der Waals surface area (Å²) in [6.45, 7) is 0.596. The van der Waals surface area contributed by atoms with Crippen LogP contribution in [0.25, 0.3) is 0 Å². The van der Waals surface area contributed by atoms with Gasteiger partial charge in [0, 0.05) is 6.54 Å². The van der Waals surface area contributed by atoms with Gasteiger partial charge in [-0.25, -0.2) is 4.79 Å². The smallest absolute Gasteiger partial charge is 0.408 e. The van der Waals surface area contributed by atoms with E-state index in [-0.39, 0.29) is 12.6 Å². The number of carbonyl (C=O) groups excluding carboxylic acids is 2. The van der Waals surface area contributed by atoms with Crippen LogP contribution in [0, 0.1) is 5.41 Å². The van der Waals surface area contributed by atoms with Gasteiger partial charge in [0.2, 0.25) is 6.29 Å². The molecule has 1 atom stereocenters. The van der Waals surface area contributed by atoms with Crippen molar-refractivity contribution in [3.63, 3.8) is 0 Å². The van der Waals surface area contributed by atoms with Crippen molar-refractivity contribution in [2.45, 2.75) is 25.5 Å². The number of carbonyl (C=O) groups is 1. The van der Waals surface area contributed by atoms with Crippen molar-refractivity contribution < 1.29 is 14.3 Å².